The highest BCUT2D eigenvalue weighted by Gasteiger charge is 2.14. The summed E-state index contributed by atoms with van der Waals surface area (Å²) in [5, 5.41) is 19.6. The number of benzene rings is 1. The second-order valence-corrected chi connectivity index (χ2v) is 3.65. The molecule has 0 aliphatic rings. The molecule has 1 aromatic rings. The van der Waals surface area contributed by atoms with Crippen LogP contribution in [0.3, 0.4) is 0 Å². The number of aryl methyl sites for hydroxylation is 1. The van der Waals surface area contributed by atoms with E-state index >= 15 is 0 Å². The maximum absolute atomic E-state index is 9.69. The molecule has 0 spiro atoms. The van der Waals surface area contributed by atoms with E-state index in [1.54, 1.807) is 19.9 Å². The molecule has 0 aromatic heterocycles. The third-order valence-corrected chi connectivity index (χ3v) is 2.55. The predicted molar refractivity (Wildman–Crippen MR) is 53.2 cm³/mol. The van der Waals surface area contributed by atoms with E-state index in [1.165, 1.54) is 0 Å². The fourth-order valence-electron chi connectivity index (χ4n) is 1.41. The number of hydrogen-bond acceptors (Lipinski definition) is 2. The number of phenols is 1. The Hall–Kier alpha value is -0.730. The molecule has 0 heterocycles. The molecule has 1 unspecified atom stereocenters. The topological polar surface area (TPSA) is 40.5 Å². The minimum Gasteiger partial charge on any atom is -0.507 e. The van der Waals surface area contributed by atoms with Crippen LogP contribution in [0.4, 0.5) is 0 Å². The molecule has 2 nitrogen and oxygen atoms in total. The van der Waals surface area contributed by atoms with Gasteiger partial charge in [0, 0.05) is 16.1 Å². The van der Waals surface area contributed by atoms with Gasteiger partial charge in [-0.05, 0) is 32.4 Å². The highest BCUT2D eigenvalue weighted by atomic mass is 35.5. The van der Waals surface area contributed by atoms with Gasteiger partial charge in [-0.15, -0.1) is 0 Å². The van der Waals surface area contributed by atoms with Crippen molar-refractivity contribution in [2.24, 2.45) is 0 Å². The molecule has 0 saturated heterocycles. The van der Waals surface area contributed by atoms with Crippen LogP contribution in [-0.2, 0) is 0 Å². The summed E-state index contributed by atoms with van der Waals surface area (Å²) in [6, 6.07) is 1.75. The number of aromatic hydroxyl groups is 1. The van der Waals surface area contributed by atoms with E-state index in [9.17, 15) is 10.2 Å². The summed E-state index contributed by atoms with van der Waals surface area (Å²) >= 11 is 5.85. The minimum atomic E-state index is -0.670. The van der Waals surface area contributed by atoms with Crippen molar-refractivity contribution in [2.75, 3.05) is 0 Å². The van der Waals surface area contributed by atoms with Crippen molar-refractivity contribution >= 4 is 11.6 Å². The lowest BCUT2D eigenvalue weighted by Crippen LogP contribution is -1.97. The molecule has 13 heavy (non-hydrogen) atoms. The quantitative estimate of drug-likeness (QED) is 0.732. The molecule has 0 radical (unpaired) electrons. The van der Waals surface area contributed by atoms with Crippen LogP contribution in [-0.4, -0.2) is 10.2 Å². The SMILES string of the molecule is Cc1cc(Cl)c(C)c(O)c1C(C)O. The van der Waals surface area contributed by atoms with E-state index in [4.69, 9.17) is 11.6 Å². The predicted octanol–water partition coefficient (Wildman–Crippen LogP) is 2.72. The summed E-state index contributed by atoms with van der Waals surface area (Å²) in [4.78, 5) is 0. The average Bonchev–Trinajstić information content (AvgIpc) is 1.99. The molecule has 0 amide bonds. The standard InChI is InChI=1S/C10H13ClO2/c1-5-4-8(11)6(2)10(13)9(5)7(3)12/h4,7,12-13H,1-3H3. The molecule has 0 fully saturated rings. The molecule has 1 aromatic carbocycles. The summed E-state index contributed by atoms with van der Waals surface area (Å²) < 4.78 is 0. The average molecular weight is 201 g/mol. The van der Waals surface area contributed by atoms with Gasteiger partial charge in [0.05, 0.1) is 6.10 Å². The zero-order chi connectivity index (χ0) is 10.2. The Morgan fingerprint density at radius 1 is 1.38 bits per heavy atom. The van der Waals surface area contributed by atoms with Gasteiger partial charge in [0.25, 0.3) is 0 Å². The van der Waals surface area contributed by atoms with Crippen molar-refractivity contribution in [2.45, 2.75) is 26.9 Å². The van der Waals surface area contributed by atoms with Crippen molar-refractivity contribution < 1.29 is 10.2 Å². The van der Waals surface area contributed by atoms with Crippen molar-refractivity contribution in [1.82, 2.24) is 0 Å². The van der Waals surface area contributed by atoms with Crippen LogP contribution in [0.2, 0.25) is 5.02 Å². The van der Waals surface area contributed by atoms with Crippen molar-refractivity contribution in [1.29, 1.82) is 0 Å². The lowest BCUT2D eigenvalue weighted by molar-refractivity contribution is 0.194. The molecular formula is C10H13ClO2. The largest absolute Gasteiger partial charge is 0.507 e. The van der Waals surface area contributed by atoms with E-state index in [-0.39, 0.29) is 5.75 Å². The lowest BCUT2D eigenvalue weighted by Gasteiger charge is -2.14. The second-order valence-electron chi connectivity index (χ2n) is 3.24. The Morgan fingerprint density at radius 2 is 1.92 bits per heavy atom. The fourth-order valence-corrected chi connectivity index (χ4v) is 1.66. The van der Waals surface area contributed by atoms with E-state index in [1.807, 2.05) is 6.92 Å². The number of aliphatic hydroxyl groups excluding tert-OH is 1. The highest BCUT2D eigenvalue weighted by molar-refractivity contribution is 6.31. The summed E-state index contributed by atoms with van der Waals surface area (Å²) in [7, 11) is 0. The molecule has 72 valence electrons. The van der Waals surface area contributed by atoms with Gasteiger partial charge in [-0.1, -0.05) is 11.6 Å². The Kier molecular flexibility index (Phi) is 2.84. The van der Waals surface area contributed by atoms with Crippen molar-refractivity contribution in [3.63, 3.8) is 0 Å². The van der Waals surface area contributed by atoms with Gasteiger partial charge >= 0.3 is 0 Å². The van der Waals surface area contributed by atoms with Crippen LogP contribution in [0.5, 0.6) is 5.75 Å². The first-order valence-electron chi connectivity index (χ1n) is 4.11. The van der Waals surface area contributed by atoms with Gasteiger partial charge < -0.3 is 10.2 Å². The zero-order valence-corrected chi connectivity index (χ0v) is 8.68. The van der Waals surface area contributed by atoms with Crippen LogP contribution in [0.25, 0.3) is 0 Å². The van der Waals surface area contributed by atoms with Crippen LogP contribution in [0, 0.1) is 13.8 Å². The smallest absolute Gasteiger partial charge is 0.126 e. The number of rotatable bonds is 1. The van der Waals surface area contributed by atoms with E-state index in [2.05, 4.69) is 0 Å². The summed E-state index contributed by atoms with van der Waals surface area (Å²) in [6.45, 7) is 5.16. The Labute approximate surface area is 82.8 Å². The molecule has 0 bridgehead atoms. The number of phenolic OH excluding ortho intramolecular Hbond substituents is 1. The van der Waals surface area contributed by atoms with Gasteiger partial charge in [-0.2, -0.15) is 0 Å². The monoisotopic (exact) mass is 200 g/mol. The van der Waals surface area contributed by atoms with Crippen LogP contribution in [0.1, 0.15) is 29.7 Å². The van der Waals surface area contributed by atoms with Gasteiger partial charge in [-0.25, -0.2) is 0 Å². The third kappa shape index (κ3) is 1.79. The molecule has 1 rings (SSSR count). The summed E-state index contributed by atoms with van der Waals surface area (Å²) in [5.41, 5.74) is 1.98. The maximum atomic E-state index is 9.69. The maximum Gasteiger partial charge on any atom is 0.126 e. The normalized spacial score (nSPS) is 13.0. The first-order chi connectivity index (χ1) is 5.95. The van der Waals surface area contributed by atoms with E-state index in [0.717, 1.165) is 5.56 Å². The Bertz CT molecular complexity index is 332. The third-order valence-electron chi connectivity index (χ3n) is 2.15. The molecule has 2 N–H and O–H groups in total. The minimum absolute atomic E-state index is 0.0972. The fraction of sp³-hybridized carbons (Fsp3) is 0.400. The van der Waals surface area contributed by atoms with Gasteiger partial charge in [0.15, 0.2) is 0 Å². The van der Waals surface area contributed by atoms with Gasteiger partial charge in [-0.3, -0.25) is 0 Å². The second kappa shape index (κ2) is 3.56. The van der Waals surface area contributed by atoms with Crippen LogP contribution in [0.15, 0.2) is 6.07 Å². The van der Waals surface area contributed by atoms with E-state index < -0.39 is 6.10 Å². The molecule has 3 heteroatoms. The van der Waals surface area contributed by atoms with Crippen molar-refractivity contribution in [3.05, 3.63) is 27.8 Å². The molecular weight excluding hydrogens is 188 g/mol. The summed E-state index contributed by atoms with van der Waals surface area (Å²) in [6.07, 6.45) is -0.670. The molecule has 0 aliphatic heterocycles. The highest BCUT2D eigenvalue weighted by Crippen LogP contribution is 2.34. The van der Waals surface area contributed by atoms with Gasteiger partial charge in [0.2, 0.25) is 0 Å². The number of halogens is 1. The Balaban J connectivity index is 3.44. The Morgan fingerprint density at radius 3 is 2.38 bits per heavy atom. The van der Waals surface area contributed by atoms with E-state index in [0.29, 0.717) is 16.1 Å². The van der Waals surface area contributed by atoms with Gasteiger partial charge in [0.1, 0.15) is 5.75 Å². The number of aliphatic hydroxyl groups is 1. The first-order valence-corrected chi connectivity index (χ1v) is 4.49. The van der Waals surface area contributed by atoms with Crippen molar-refractivity contribution in [3.8, 4) is 5.75 Å². The lowest BCUT2D eigenvalue weighted by atomic mass is 10.00. The zero-order valence-electron chi connectivity index (χ0n) is 7.93. The molecule has 0 saturated carbocycles. The number of hydrogen-bond donors (Lipinski definition) is 2. The van der Waals surface area contributed by atoms with Crippen LogP contribution < -0.4 is 0 Å². The summed E-state index contributed by atoms with van der Waals surface area (Å²) in [5.74, 6) is 0.0972. The molecule has 0 aliphatic carbocycles. The molecule has 1 atom stereocenters. The van der Waals surface area contributed by atoms with Crippen LogP contribution >= 0.6 is 11.6 Å². The first kappa shape index (κ1) is 10.4.